The summed E-state index contributed by atoms with van der Waals surface area (Å²) in [6.45, 7) is 3.76. The first kappa shape index (κ1) is 15.5. The molecule has 1 aromatic heterocycles. The number of piperidine rings is 1. The Kier molecular flexibility index (Phi) is 4.61. The number of hydrogen-bond donors (Lipinski definition) is 0. The van der Waals surface area contributed by atoms with Crippen molar-refractivity contribution in [3.8, 4) is 0 Å². The Labute approximate surface area is 140 Å². The quantitative estimate of drug-likeness (QED) is 0.840. The Morgan fingerprint density at radius 2 is 2.35 bits per heavy atom. The number of carbonyl (C=O) groups excluding carboxylic acids is 1. The van der Waals surface area contributed by atoms with Crippen molar-refractivity contribution in [2.24, 2.45) is 5.92 Å². The van der Waals surface area contributed by atoms with Gasteiger partial charge < -0.3 is 4.74 Å². The number of nitrogens with zero attached hydrogens (tertiary/aromatic N) is 3. The van der Waals surface area contributed by atoms with Crippen molar-refractivity contribution >= 4 is 17.2 Å². The summed E-state index contributed by atoms with van der Waals surface area (Å²) >= 11 is 1.67. The monoisotopic (exact) mass is 337 g/mol. The number of ether oxygens (including phenoxy) is 1. The van der Waals surface area contributed by atoms with Crippen molar-refractivity contribution in [2.45, 2.75) is 44.4 Å². The van der Waals surface area contributed by atoms with Crippen LogP contribution in [0.25, 0.3) is 0 Å². The van der Waals surface area contributed by atoms with Gasteiger partial charge in [-0.3, -0.25) is 14.5 Å². The molecule has 3 atom stereocenters. The summed E-state index contributed by atoms with van der Waals surface area (Å²) in [5.41, 5.74) is 0. The van der Waals surface area contributed by atoms with Crippen molar-refractivity contribution in [3.63, 3.8) is 0 Å². The molecule has 126 valence electrons. The third kappa shape index (κ3) is 3.28. The molecule has 3 fully saturated rings. The van der Waals surface area contributed by atoms with E-state index in [9.17, 15) is 4.79 Å². The number of aromatic nitrogens is 1. The van der Waals surface area contributed by atoms with Gasteiger partial charge in [-0.2, -0.15) is 0 Å². The number of carbonyl (C=O) groups is 1. The number of hydrogen-bond acceptors (Lipinski definition) is 6. The third-order valence-corrected chi connectivity index (χ3v) is 5.80. The van der Waals surface area contributed by atoms with Crippen molar-refractivity contribution in [3.05, 3.63) is 16.6 Å². The van der Waals surface area contributed by atoms with Crippen LogP contribution in [0.4, 0.5) is 0 Å². The van der Waals surface area contributed by atoms with E-state index in [0.717, 1.165) is 56.9 Å². The van der Waals surface area contributed by atoms with Crippen LogP contribution in [0.5, 0.6) is 0 Å². The van der Waals surface area contributed by atoms with Gasteiger partial charge in [0, 0.05) is 37.3 Å². The topological polar surface area (TPSA) is 54.9 Å². The number of rotatable bonds is 3. The van der Waals surface area contributed by atoms with Crippen LogP contribution in [0.3, 0.4) is 0 Å². The molecule has 0 saturated carbocycles. The molecule has 0 aromatic carbocycles. The maximum atomic E-state index is 12.8. The fraction of sp³-hybridized carbons (Fsp3) is 0.750. The zero-order valence-electron chi connectivity index (χ0n) is 13.2. The lowest BCUT2D eigenvalue weighted by molar-refractivity contribution is -0.204. The Bertz CT molecular complexity index is 533. The predicted molar refractivity (Wildman–Crippen MR) is 85.7 cm³/mol. The predicted octanol–water partition coefficient (Wildman–Crippen LogP) is 1.68. The summed E-state index contributed by atoms with van der Waals surface area (Å²) in [7, 11) is 0. The van der Waals surface area contributed by atoms with E-state index >= 15 is 0 Å². The number of hydroxylamine groups is 2. The van der Waals surface area contributed by atoms with Crippen LogP contribution >= 0.6 is 11.3 Å². The van der Waals surface area contributed by atoms with Gasteiger partial charge in [-0.1, -0.05) is 0 Å². The Balaban J connectivity index is 1.46. The van der Waals surface area contributed by atoms with Gasteiger partial charge in [0.1, 0.15) is 5.01 Å². The Hall–Kier alpha value is -1.02. The zero-order chi connectivity index (χ0) is 15.6. The van der Waals surface area contributed by atoms with Gasteiger partial charge in [-0.05, 0) is 25.7 Å². The molecular formula is C16H23N3O3S. The second kappa shape index (κ2) is 6.84. The Morgan fingerprint density at radius 3 is 3.13 bits per heavy atom. The van der Waals surface area contributed by atoms with Crippen LogP contribution in [0.15, 0.2) is 11.6 Å². The molecule has 0 bridgehead atoms. The molecule has 3 aliphatic rings. The van der Waals surface area contributed by atoms with Crippen LogP contribution in [0.1, 0.15) is 30.7 Å². The summed E-state index contributed by atoms with van der Waals surface area (Å²) in [6.07, 6.45) is 5.95. The minimum atomic E-state index is -0.0348. The first-order valence-electron chi connectivity index (χ1n) is 8.49. The highest BCUT2D eigenvalue weighted by Gasteiger charge is 2.43. The van der Waals surface area contributed by atoms with Gasteiger partial charge in [0.25, 0.3) is 5.91 Å². The van der Waals surface area contributed by atoms with Crippen molar-refractivity contribution in [2.75, 3.05) is 26.3 Å². The molecule has 3 saturated heterocycles. The maximum Gasteiger partial charge on any atom is 0.250 e. The molecule has 23 heavy (non-hydrogen) atoms. The highest BCUT2D eigenvalue weighted by atomic mass is 32.1. The molecule has 0 N–H and O–H groups in total. The van der Waals surface area contributed by atoms with Gasteiger partial charge in [0.05, 0.1) is 25.2 Å². The number of thiazole rings is 1. The summed E-state index contributed by atoms with van der Waals surface area (Å²) in [5.74, 6) is 0.0928. The zero-order valence-corrected chi connectivity index (χ0v) is 14.0. The average molecular weight is 337 g/mol. The minimum Gasteiger partial charge on any atom is -0.377 e. The summed E-state index contributed by atoms with van der Waals surface area (Å²) < 4.78 is 5.90. The normalized spacial score (nSPS) is 32.0. The van der Waals surface area contributed by atoms with E-state index < -0.39 is 0 Å². The van der Waals surface area contributed by atoms with Crippen molar-refractivity contribution < 1.29 is 14.4 Å². The largest absolute Gasteiger partial charge is 0.377 e. The van der Waals surface area contributed by atoms with Gasteiger partial charge in [-0.25, -0.2) is 10.0 Å². The fourth-order valence-electron chi connectivity index (χ4n) is 3.89. The second-order valence-electron chi connectivity index (χ2n) is 6.53. The molecule has 0 aliphatic carbocycles. The lowest BCUT2D eigenvalue weighted by atomic mass is 9.89. The molecule has 6 nitrogen and oxygen atoms in total. The fourth-order valence-corrected chi connectivity index (χ4v) is 4.53. The summed E-state index contributed by atoms with van der Waals surface area (Å²) in [4.78, 5) is 25.2. The molecule has 4 heterocycles. The molecule has 0 radical (unpaired) electrons. The molecule has 0 spiro atoms. The van der Waals surface area contributed by atoms with Gasteiger partial charge in [0.15, 0.2) is 0 Å². The second-order valence-corrected chi connectivity index (χ2v) is 7.51. The summed E-state index contributed by atoms with van der Waals surface area (Å²) in [5, 5.41) is 4.70. The van der Waals surface area contributed by atoms with E-state index in [1.807, 2.05) is 11.6 Å². The molecule has 1 amide bonds. The van der Waals surface area contributed by atoms with E-state index in [0.29, 0.717) is 12.6 Å². The molecule has 0 unspecified atom stereocenters. The third-order valence-electron chi connectivity index (χ3n) is 5.03. The van der Waals surface area contributed by atoms with E-state index in [-0.39, 0.29) is 17.9 Å². The van der Waals surface area contributed by atoms with Gasteiger partial charge in [-0.15, -0.1) is 11.3 Å². The minimum absolute atomic E-state index is 0.0348. The van der Waals surface area contributed by atoms with E-state index in [4.69, 9.17) is 9.57 Å². The molecule has 3 aliphatic heterocycles. The summed E-state index contributed by atoms with van der Waals surface area (Å²) in [6, 6.07) is 0.422. The van der Waals surface area contributed by atoms with Crippen LogP contribution in [0, 0.1) is 5.92 Å². The lowest BCUT2D eigenvalue weighted by Gasteiger charge is -2.41. The van der Waals surface area contributed by atoms with Crippen molar-refractivity contribution in [1.29, 1.82) is 0 Å². The number of amides is 1. The SMILES string of the molecule is O=C([C@H]1C[C@H]2OCC[C@H]2N(Cc2nccs2)C1)N1CCCCO1. The van der Waals surface area contributed by atoms with Crippen LogP contribution in [-0.4, -0.2) is 59.3 Å². The van der Waals surface area contributed by atoms with Gasteiger partial charge >= 0.3 is 0 Å². The smallest absolute Gasteiger partial charge is 0.250 e. The molecular weight excluding hydrogens is 314 g/mol. The molecule has 7 heteroatoms. The highest BCUT2D eigenvalue weighted by molar-refractivity contribution is 7.09. The van der Waals surface area contributed by atoms with Crippen LogP contribution in [0.2, 0.25) is 0 Å². The molecule has 1 aromatic rings. The number of likely N-dealkylation sites (tertiary alicyclic amines) is 1. The van der Waals surface area contributed by atoms with Crippen LogP contribution < -0.4 is 0 Å². The number of fused-ring (bicyclic) bond motifs is 1. The average Bonchev–Trinajstić information content (AvgIpc) is 3.26. The molecule has 4 rings (SSSR count). The van der Waals surface area contributed by atoms with E-state index in [2.05, 4.69) is 9.88 Å². The van der Waals surface area contributed by atoms with Crippen molar-refractivity contribution in [1.82, 2.24) is 14.9 Å². The van der Waals surface area contributed by atoms with E-state index in [1.165, 1.54) is 0 Å². The lowest BCUT2D eigenvalue weighted by Crippen LogP contribution is -2.53. The first-order chi connectivity index (χ1) is 11.3. The maximum absolute atomic E-state index is 12.8. The van der Waals surface area contributed by atoms with E-state index in [1.54, 1.807) is 16.4 Å². The Morgan fingerprint density at radius 1 is 1.39 bits per heavy atom. The van der Waals surface area contributed by atoms with Gasteiger partial charge in [0.2, 0.25) is 0 Å². The van der Waals surface area contributed by atoms with Crippen LogP contribution in [-0.2, 0) is 20.9 Å². The first-order valence-corrected chi connectivity index (χ1v) is 9.37. The highest BCUT2D eigenvalue weighted by Crippen LogP contribution is 2.33. The standard InChI is InChI=1S/C16H23N3O3S/c20-16(19-5-1-2-6-22-19)12-9-14-13(3-7-21-14)18(10-12)11-15-17-4-8-23-15/h4,8,12-14H,1-3,5-7,9-11H2/t12-,13+,14+/m0/s1.